The highest BCUT2D eigenvalue weighted by molar-refractivity contribution is 4.93. The van der Waals surface area contributed by atoms with Crippen LogP contribution in [-0.4, -0.2) is 6.04 Å². The smallest absolute Gasteiger partial charge is 0.0100 e. The molecule has 1 aliphatic rings. The van der Waals surface area contributed by atoms with Crippen molar-refractivity contribution >= 4 is 0 Å². The van der Waals surface area contributed by atoms with Crippen molar-refractivity contribution < 1.29 is 0 Å². The summed E-state index contributed by atoms with van der Waals surface area (Å²) in [6.45, 7) is 11.7. The molecule has 84 valence electrons. The lowest BCUT2D eigenvalue weighted by atomic mass is 9.72. The molecule has 1 nitrogen and oxygen atoms in total. The number of hydrogen-bond donors (Lipinski definition) is 1. The minimum Gasteiger partial charge on any atom is -0.327 e. The monoisotopic (exact) mass is 197 g/mol. The normalized spacial score (nSPS) is 30.6. The number of rotatable bonds is 3. The summed E-state index contributed by atoms with van der Waals surface area (Å²) < 4.78 is 0. The van der Waals surface area contributed by atoms with Crippen LogP contribution in [-0.2, 0) is 0 Å². The SMILES string of the molecule is CC(C)C(C)C(N)C1CCCC1(C)C. The van der Waals surface area contributed by atoms with Crippen LogP contribution in [0.2, 0.25) is 0 Å². The minimum atomic E-state index is 0.396. The van der Waals surface area contributed by atoms with Crippen LogP contribution < -0.4 is 5.73 Å². The predicted octanol–water partition coefficient (Wildman–Crippen LogP) is 3.43. The van der Waals surface area contributed by atoms with E-state index < -0.39 is 0 Å². The summed E-state index contributed by atoms with van der Waals surface area (Å²) >= 11 is 0. The maximum atomic E-state index is 6.40. The van der Waals surface area contributed by atoms with Crippen LogP contribution in [0.25, 0.3) is 0 Å². The van der Waals surface area contributed by atoms with E-state index in [1.54, 1.807) is 0 Å². The molecule has 14 heavy (non-hydrogen) atoms. The summed E-state index contributed by atoms with van der Waals surface area (Å²) in [6.07, 6.45) is 4.07. The second-order valence-electron chi connectivity index (χ2n) is 6.17. The van der Waals surface area contributed by atoms with E-state index in [2.05, 4.69) is 34.6 Å². The third-order valence-electron chi connectivity index (χ3n) is 4.46. The Labute approximate surface area is 89.5 Å². The zero-order valence-electron chi connectivity index (χ0n) is 10.5. The second-order valence-corrected chi connectivity index (χ2v) is 6.17. The fourth-order valence-electron chi connectivity index (χ4n) is 2.88. The summed E-state index contributed by atoms with van der Waals surface area (Å²) in [5.74, 6) is 2.10. The molecule has 0 radical (unpaired) electrons. The third kappa shape index (κ3) is 2.31. The molecule has 0 spiro atoms. The van der Waals surface area contributed by atoms with Gasteiger partial charge in [-0.1, -0.05) is 41.0 Å². The summed E-state index contributed by atoms with van der Waals surface area (Å²) in [5.41, 5.74) is 6.87. The Kier molecular flexibility index (Phi) is 3.63. The van der Waals surface area contributed by atoms with Crippen molar-refractivity contribution in [3.63, 3.8) is 0 Å². The van der Waals surface area contributed by atoms with Crippen LogP contribution in [0.15, 0.2) is 0 Å². The molecule has 0 aliphatic heterocycles. The fraction of sp³-hybridized carbons (Fsp3) is 1.00. The van der Waals surface area contributed by atoms with Gasteiger partial charge in [-0.05, 0) is 36.0 Å². The molecule has 1 rings (SSSR count). The van der Waals surface area contributed by atoms with Crippen molar-refractivity contribution in [3.05, 3.63) is 0 Å². The zero-order chi connectivity index (χ0) is 10.9. The lowest BCUT2D eigenvalue weighted by molar-refractivity contribution is 0.166. The van der Waals surface area contributed by atoms with Gasteiger partial charge in [0.25, 0.3) is 0 Å². The Morgan fingerprint density at radius 3 is 2.14 bits per heavy atom. The van der Waals surface area contributed by atoms with E-state index in [1.807, 2.05) is 0 Å². The zero-order valence-corrected chi connectivity index (χ0v) is 10.5. The quantitative estimate of drug-likeness (QED) is 0.737. The first-order valence-electron chi connectivity index (χ1n) is 6.12. The summed E-state index contributed by atoms with van der Waals surface area (Å²) in [7, 11) is 0. The van der Waals surface area contributed by atoms with Gasteiger partial charge >= 0.3 is 0 Å². The Morgan fingerprint density at radius 2 is 1.79 bits per heavy atom. The molecule has 0 heterocycles. The average Bonchev–Trinajstić information content (AvgIpc) is 2.42. The average molecular weight is 197 g/mol. The molecule has 0 aromatic carbocycles. The topological polar surface area (TPSA) is 26.0 Å². The van der Waals surface area contributed by atoms with Gasteiger partial charge in [-0.3, -0.25) is 0 Å². The van der Waals surface area contributed by atoms with Crippen LogP contribution in [0, 0.1) is 23.2 Å². The van der Waals surface area contributed by atoms with Crippen LogP contribution in [0.3, 0.4) is 0 Å². The molecule has 1 aliphatic carbocycles. The molecule has 0 aromatic heterocycles. The van der Waals surface area contributed by atoms with Crippen molar-refractivity contribution in [1.29, 1.82) is 0 Å². The van der Waals surface area contributed by atoms with Gasteiger partial charge < -0.3 is 5.73 Å². The van der Waals surface area contributed by atoms with E-state index >= 15 is 0 Å². The molecule has 0 bridgehead atoms. The molecular weight excluding hydrogens is 170 g/mol. The van der Waals surface area contributed by atoms with Gasteiger partial charge in [-0.2, -0.15) is 0 Å². The summed E-state index contributed by atoms with van der Waals surface area (Å²) in [5, 5.41) is 0. The van der Waals surface area contributed by atoms with Crippen LogP contribution >= 0.6 is 0 Å². The Hall–Kier alpha value is -0.0400. The standard InChI is InChI=1S/C13H27N/c1-9(2)10(3)12(14)11-7-6-8-13(11,4)5/h9-12H,6-8,14H2,1-5H3. The number of hydrogen-bond acceptors (Lipinski definition) is 1. The van der Waals surface area contributed by atoms with Crippen LogP contribution in [0.1, 0.15) is 53.9 Å². The molecule has 0 amide bonds. The lowest BCUT2D eigenvalue weighted by Crippen LogP contribution is -2.42. The lowest BCUT2D eigenvalue weighted by Gasteiger charge is -2.36. The van der Waals surface area contributed by atoms with Crippen LogP contribution in [0.4, 0.5) is 0 Å². The third-order valence-corrected chi connectivity index (χ3v) is 4.46. The molecule has 2 N–H and O–H groups in total. The molecule has 0 saturated heterocycles. The molecule has 1 saturated carbocycles. The first-order valence-corrected chi connectivity index (χ1v) is 6.12. The van der Waals surface area contributed by atoms with Crippen molar-refractivity contribution in [2.24, 2.45) is 28.9 Å². The first-order chi connectivity index (χ1) is 6.36. The summed E-state index contributed by atoms with van der Waals surface area (Å²) in [4.78, 5) is 0. The highest BCUT2D eigenvalue weighted by Gasteiger charge is 2.40. The van der Waals surface area contributed by atoms with E-state index in [-0.39, 0.29) is 0 Å². The molecular formula is C13H27N. The fourth-order valence-corrected chi connectivity index (χ4v) is 2.88. The molecule has 1 fully saturated rings. The maximum absolute atomic E-state index is 6.40. The van der Waals surface area contributed by atoms with E-state index in [9.17, 15) is 0 Å². The highest BCUT2D eigenvalue weighted by Crippen LogP contribution is 2.45. The predicted molar refractivity (Wildman–Crippen MR) is 63.1 cm³/mol. The van der Waals surface area contributed by atoms with Crippen molar-refractivity contribution in [2.45, 2.75) is 59.9 Å². The molecule has 3 unspecified atom stereocenters. The van der Waals surface area contributed by atoms with E-state index in [0.29, 0.717) is 23.3 Å². The van der Waals surface area contributed by atoms with Crippen molar-refractivity contribution in [3.8, 4) is 0 Å². The summed E-state index contributed by atoms with van der Waals surface area (Å²) in [6, 6.07) is 0.396. The van der Waals surface area contributed by atoms with Gasteiger partial charge in [-0.25, -0.2) is 0 Å². The Morgan fingerprint density at radius 1 is 1.21 bits per heavy atom. The van der Waals surface area contributed by atoms with Crippen molar-refractivity contribution in [2.75, 3.05) is 0 Å². The molecule has 1 heteroatoms. The first kappa shape index (κ1) is 12.0. The van der Waals surface area contributed by atoms with E-state index in [0.717, 1.165) is 5.92 Å². The van der Waals surface area contributed by atoms with Gasteiger partial charge in [0.05, 0.1) is 0 Å². The van der Waals surface area contributed by atoms with Gasteiger partial charge in [0, 0.05) is 6.04 Å². The molecule has 0 aromatic rings. The van der Waals surface area contributed by atoms with E-state index in [4.69, 9.17) is 5.73 Å². The van der Waals surface area contributed by atoms with Gasteiger partial charge in [0.2, 0.25) is 0 Å². The number of nitrogens with two attached hydrogens (primary N) is 1. The maximum Gasteiger partial charge on any atom is 0.0100 e. The van der Waals surface area contributed by atoms with Gasteiger partial charge in [0.15, 0.2) is 0 Å². The largest absolute Gasteiger partial charge is 0.327 e. The Bertz CT molecular complexity index is 184. The Balaban J connectivity index is 2.64. The minimum absolute atomic E-state index is 0.396. The van der Waals surface area contributed by atoms with E-state index in [1.165, 1.54) is 19.3 Å². The highest BCUT2D eigenvalue weighted by atomic mass is 14.7. The van der Waals surface area contributed by atoms with Gasteiger partial charge in [0.1, 0.15) is 0 Å². The molecule has 3 atom stereocenters. The van der Waals surface area contributed by atoms with Crippen LogP contribution in [0.5, 0.6) is 0 Å². The van der Waals surface area contributed by atoms with Gasteiger partial charge in [-0.15, -0.1) is 0 Å². The van der Waals surface area contributed by atoms with Crippen molar-refractivity contribution in [1.82, 2.24) is 0 Å². The second kappa shape index (κ2) is 4.22.